The number of aromatic nitrogens is 2. The molecule has 0 radical (unpaired) electrons. The topological polar surface area (TPSA) is 53.1 Å². The standard InChI is InChI=1S/C19H21F4N5/c20-18(21)13-1-2-16(25-9-13)27-17-8-14(28-10-19(22,23)11-28)7-15(26-17)12-3-5-24-6-4-12/h1-2,7-9,12,18,24H,3-6,10-11H2,(H,25,26,27). The van der Waals surface area contributed by atoms with Crippen LogP contribution in [0.15, 0.2) is 30.5 Å². The second-order valence-electron chi connectivity index (χ2n) is 7.27. The van der Waals surface area contributed by atoms with Crippen LogP contribution < -0.4 is 15.5 Å². The van der Waals surface area contributed by atoms with Gasteiger partial charge >= 0.3 is 0 Å². The Bertz CT molecular complexity index is 814. The summed E-state index contributed by atoms with van der Waals surface area (Å²) in [6.07, 6.45) is 0.379. The van der Waals surface area contributed by atoms with Crippen LogP contribution in [-0.4, -0.2) is 42.1 Å². The number of rotatable bonds is 5. The molecule has 0 saturated carbocycles. The van der Waals surface area contributed by atoms with E-state index >= 15 is 0 Å². The van der Waals surface area contributed by atoms with Gasteiger partial charge in [-0.15, -0.1) is 0 Å². The molecule has 0 atom stereocenters. The lowest BCUT2D eigenvalue weighted by atomic mass is 9.93. The fourth-order valence-corrected chi connectivity index (χ4v) is 3.54. The molecule has 2 aliphatic heterocycles. The van der Waals surface area contributed by atoms with Crippen molar-refractivity contribution in [2.75, 3.05) is 36.4 Å². The van der Waals surface area contributed by atoms with Gasteiger partial charge in [0.2, 0.25) is 0 Å². The molecule has 4 rings (SSSR count). The van der Waals surface area contributed by atoms with E-state index in [1.54, 1.807) is 11.0 Å². The second kappa shape index (κ2) is 7.54. The first-order chi connectivity index (χ1) is 13.4. The molecule has 4 heterocycles. The van der Waals surface area contributed by atoms with E-state index in [0.29, 0.717) is 17.3 Å². The summed E-state index contributed by atoms with van der Waals surface area (Å²) >= 11 is 0. The number of pyridine rings is 2. The Morgan fingerprint density at radius 1 is 1.11 bits per heavy atom. The normalized spacial score (nSPS) is 19.5. The molecular weight excluding hydrogens is 374 g/mol. The van der Waals surface area contributed by atoms with Crippen molar-refractivity contribution < 1.29 is 17.6 Å². The highest BCUT2D eigenvalue weighted by molar-refractivity contribution is 5.62. The Balaban J connectivity index is 1.59. The molecule has 0 unspecified atom stereocenters. The summed E-state index contributed by atoms with van der Waals surface area (Å²) in [5, 5.41) is 6.32. The molecule has 2 aromatic rings. The first-order valence-electron chi connectivity index (χ1n) is 9.26. The van der Waals surface area contributed by atoms with Gasteiger partial charge in [0, 0.05) is 35.1 Å². The summed E-state index contributed by atoms with van der Waals surface area (Å²) in [7, 11) is 0. The van der Waals surface area contributed by atoms with Crippen molar-refractivity contribution in [3.05, 3.63) is 41.7 Å². The fraction of sp³-hybridized carbons (Fsp3) is 0.474. The minimum absolute atomic E-state index is 0.162. The first kappa shape index (κ1) is 18.9. The third kappa shape index (κ3) is 4.19. The van der Waals surface area contributed by atoms with Crippen LogP contribution in [0, 0.1) is 0 Å². The highest BCUT2D eigenvalue weighted by atomic mass is 19.3. The van der Waals surface area contributed by atoms with E-state index in [2.05, 4.69) is 20.6 Å². The molecule has 0 aliphatic carbocycles. The van der Waals surface area contributed by atoms with Gasteiger partial charge in [-0.25, -0.2) is 27.5 Å². The fourth-order valence-electron chi connectivity index (χ4n) is 3.54. The molecule has 2 saturated heterocycles. The molecular formula is C19H21F4N5. The molecule has 2 fully saturated rings. The predicted octanol–water partition coefficient (Wildman–Crippen LogP) is 4.08. The predicted molar refractivity (Wildman–Crippen MR) is 98.7 cm³/mol. The van der Waals surface area contributed by atoms with Crippen molar-refractivity contribution in [3.8, 4) is 0 Å². The molecule has 9 heteroatoms. The molecule has 28 heavy (non-hydrogen) atoms. The van der Waals surface area contributed by atoms with Crippen LogP contribution in [0.2, 0.25) is 0 Å². The number of piperidine rings is 1. The summed E-state index contributed by atoms with van der Waals surface area (Å²) < 4.78 is 52.0. The zero-order valence-electron chi connectivity index (χ0n) is 15.1. The van der Waals surface area contributed by atoms with Gasteiger partial charge in [0.25, 0.3) is 12.3 Å². The average molecular weight is 395 g/mol. The minimum Gasteiger partial charge on any atom is -0.359 e. The molecule has 150 valence electrons. The van der Waals surface area contributed by atoms with Crippen LogP contribution in [0.5, 0.6) is 0 Å². The molecule has 2 aliphatic rings. The third-order valence-electron chi connectivity index (χ3n) is 5.09. The van der Waals surface area contributed by atoms with Crippen LogP contribution in [0.25, 0.3) is 0 Å². The van der Waals surface area contributed by atoms with Gasteiger partial charge in [0.05, 0.1) is 13.1 Å². The van der Waals surface area contributed by atoms with E-state index < -0.39 is 12.3 Å². The van der Waals surface area contributed by atoms with Crippen LogP contribution in [0.1, 0.15) is 36.4 Å². The molecule has 0 amide bonds. The van der Waals surface area contributed by atoms with Gasteiger partial charge in [-0.3, -0.25) is 0 Å². The third-order valence-corrected chi connectivity index (χ3v) is 5.09. The van der Waals surface area contributed by atoms with E-state index in [0.717, 1.165) is 37.8 Å². The smallest absolute Gasteiger partial charge is 0.282 e. The quantitative estimate of drug-likeness (QED) is 0.748. The van der Waals surface area contributed by atoms with Crippen molar-refractivity contribution >= 4 is 17.3 Å². The Kier molecular flexibility index (Phi) is 5.09. The zero-order valence-corrected chi connectivity index (χ0v) is 15.1. The molecule has 0 aromatic carbocycles. The highest BCUT2D eigenvalue weighted by Gasteiger charge is 2.44. The number of alkyl halides is 4. The van der Waals surface area contributed by atoms with E-state index in [4.69, 9.17) is 0 Å². The molecule has 2 aromatic heterocycles. The van der Waals surface area contributed by atoms with Crippen LogP contribution in [-0.2, 0) is 0 Å². The van der Waals surface area contributed by atoms with E-state index in [9.17, 15) is 17.6 Å². The van der Waals surface area contributed by atoms with Crippen LogP contribution >= 0.6 is 0 Å². The van der Waals surface area contributed by atoms with Gasteiger partial charge < -0.3 is 15.5 Å². The Hall–Kier alpha value is -2.42. The molecule has 5 nitrogen and oxygen atoms in total. The summed E-state index contributed by atoms with van der Waals surface area (Å²) in [6.45, 7) is 1.14. The van der Waals surface area contributed by atoms with Gasteiger partial charge in [-0.1, -0.05) is 0 Å². The van der Waals surface area contributed by atoms with E-state index in [-0.39, 0.29) is 24.6 Å². The number of hydrogen-bond donors (Lipinski definition) is 2. The van der Waals surface area contributed by atoms with Gasteiger partial charge in [0.15, 0.2) is 0 Å². The molecule has 2 N–H and O–H groups in total. The number of hydrogen-bond acceptors (Lipinski definition) is 5. The summed E-state index contributed by atoms with van der Waals surface area (Å²) in [5.74, 6) is -1.58. The zero-order chi connectivity index (χ0) is 19.7. The van der Waals surface area contributed by atoms with E-state index in [1.807, 2.05) is 6.07 Å². The SMILES string of the molecule is FC(F)c1ccc(Nc2cc(N3CC(F)(F)C3)cc(C3CCNCC3)n2)nc1. The first-order valence-corrected chi connectivity index (χ1v) is 9.26. The molecule has 0 bridgehead atoms. The summed E-state index contributed by atoms with van der Waals surface area (Å²) in [5.41, 5.74) is 1.37. The maximum absolute atomic E-state index is 13.3. The lowest BCUT2D eigenvalue weighted by Crippen LogP contribution is -2.56. The van der Waals surface area contributed by atoms with Crippen molar-refractivity contribution in [1.29, 1.82) is 0 Å². The summed E-state index contributed by atoms with van der Waals surface area (Å²) in [6, 6.07) is 6.33. The monoisotopic (exact) mass is 395 g/mol. The maximum atomic E-state index is 13.3. The number of nitrogens with one attached hydrogen (secondary N) is 2. The van der Waals surface area contributed by atoms with Crippen LogP contribution in [0.3, 0.4) is 0 Å². The van der Waals surface area contributed by atoms with Crippen molar-refractivity contribution in [2.24, 2.45) is 0 Å². The maximum Gasteiger partial charge on any atom is 0.282 e. The number of anilines is 3. The lowest BCUT2D eigenvalue weighted by Gasteiger charge is -2.40. The Morgan fingerprint density at radius 3 is 2.46 bits per heavy atom. The van der Waals surface area contributed by atoms with Gasteiger partial charge in [-0.2, -0.15) is 0 Å². The Morgan fingerprint density at radius 2 is 1.86 bits per heavy atom. The van der Waals surface area contributed by atoms with Crippen molar-refractivity contribution in [3.63, 3.8) is 0 Å². The average Bonchev–Trinajstić information content (AvgIpc) is 2.67. The van der Waals surface area contributed by atoms with Crippen molar-refractivity contribution in [2.45, 2.75) is 31.1 Å². The van der Waals surface area contributed by atoms with E-state index in [1.165, 1.54) is 12.1 Å². The molecule has 0 spiro atoms. The highest BCUT2D eigenvalue weighted by Crippen LogP contribution is 2.35. The number of nitrogens with zero attached hydrogens (tertiary/aromatic N) is 3. The van der Waals surface area contributed by atoms with Gasteiger partial charge in [0.1, 0.15) is 11.6 Å². The number of halogens is 4. The van der Waals surface area contributed by atoms with Gasteiger partial charge in [-0.05, 0) is 44.1 Å². The van der Waals surface area contributed by atoms with Crippen LogP contribution in [0.4, 0.5) is 34.9 Å². The Labute approximate surface area is 160 Å². The largest absolute Gasteiger partial charge is 0.359 e. The summed E-state index contributed by atoms with van der Waals surface area (Å²) in [4.78, 5) is 10.3. The lowest BCUT2D eigenvalue weighted by molar-refractivity contribution is -0.0262. The van der Waals surface area contributed by atoms with Crippen molar-refractivity contribution in [1.82, 2.24) is 15.3 Å². The second-order valence-corrected chi connectivity index (χ2v) is 7.27. The minimum atomic E-state index is -2.67.